The second-order valence-electron chi connectivity index (χ2n) is 3.06. The molecule has 6 heteroatoms. The van der Waals surface area contributed by atoms with Crippen molar-refractivity contribution in [3.8, 4) is 0 Å². The fourth-order valence-corrected chi connectivity index (χ4v) is 1.00. The lowest BCUT2D eigenvalue weighted by atomic mass is 10.3. The van der Waals surface area contributed by atoms with Crippen LogP contribution in [0.1, 0.15) is 6.92 Å². The van der Waals surface area contributed by atoms with E-state index in [1.165, 1.54) is 18.3 Å². The van der Waals surface area contributed by atoms with Gasteiger partial charge in [-0.15, -0.1) is 0 Å². The summed E-state index contributed by atoms with van der Waals surface area (Å²) in [5.74, 6) is 0.270. The summed E-state index contributed by atoms with van der Waals surface area (Å²) in [5.41, 5.74) is -0.0270. The van der Waals surface area contributed by atoms with Crippen LogP contribution in [0.4, 0.5) is 11.5 Å². The summed E-state index contributed by atoms with van der Waals surface area (Å²) in [7, 11) is 1.58. The molecule has 1 heterocycles. The van der Waals surface area contributed by atoms with Gasteiger partial charge in [-0.25, -0.2) is 4.98 Å². The molecule has 0 spiro atoms. The van der Waals surface area contributed by atoms with Gasteiger partial charge in [-0.05, 0) is 13.0 Å². The molecule has 0 fully saturated rings. The molecule has 1 N–H and O–H groups in total. The average Bonchev–Trinajstić information content (AvgIpc) is 2.26. The average molecular weight is 211 g/mol. The number of hydrogen-bond acceptors (Lipinski definition) is 5. The molecule has 1 unspecified atom stereocenters. The van der Waals surface area contributed by atoms with E-state index in [1.54, 1.807) is 7.11 Å². The molecule has 0 aromatic carbocycles. The molecular weight excluding hydrogens is 198 g/mol. The van der Waals surface area contributed by atoms with Gasteiger partial charge in [0.1, 0.15) is 0 Å². The van der Waals surface area contributed by atoms with E-state index in [2.05, 4.69) is 10.3 Å². The van der Waals surface area contributed by atoms with E-state index in [1.807, 2.05) is 6.92 Å². The third-order valence-corrected chi connectivity index (χ3v) is 1.94. The van der Waals surface area contributed by atoms with Crippen LogP contribution in [0, 0.1) is 10.1 Å². The van der Waals surface area contributed by atoms with Crippen molar-refractivity contribution in [3.63, 3.8) is 0 Å². The van der Waals surface area contributed by atoms with Gasteiger partial charge in [0.05, 0.1) is 11.0 Å². The van der Waals surface area contributed by atoms with E-state index >= 15 is 0 Å². The van der Waals surface area contributed by atoms with Crippen LogP contribution in [0.3, 0.4) is 0 Å². The van der Waals surface area contributed by atoms with Crippen LogP contribution in [-0.4, -0.2) is 29.7 Å². The zero-order valence-corrected chi connectivity index (χ0v) is 8.64. The summed E-state index contributed by atoms with van der Waals surface area (Å²) >= 11 is 0. The summed E-state index contributed by atoms with van der Waals surface area (Å²) in [5, 5.41) is 13.5. The Hall–Kier alpha value is -1.69. The van der Waals surface area contributed by atoms with Crippen LogP contribution in [0.25, 0.3) is 0 Å². The van der Waals surface area contributed by atoms with Gasteiger partial charge in [-0.3, -0.25) is 10.1 Å². The van der Waals surface area contributed by atoms with Gasteiger partial charge in [0.25, 0.3) is 0 Å². The maximum atomic E-state index is 10.6. The highest BCUT2D eigenvalue weighted by atomic mass is 16.6. The van der Waals surface area contributed by atoms with Crippen molar-refractivity contribution >= 4 is 11.5 Å². The zero-order chi connectivity index (χ0) is 11.3. The lowest BCUT2D eigenvalue weighted by Crippen LogP contribution is -2.19. The maximum Gasteiger partial charge on any atom is 0.311 e. The summed E-state index contributed by atoms with van der Waals surface area (Å²) in [6, 6.07) is 2.94. The molecule has 0 bridgehead atoms. The Balaban J connectivity index is 2.72. The van der Waals surface area contributed by atoms with Crippen LogP contribution in [-0.2, 0) is 4.74 Å². The lowest BCUT2D eigenvalue weighted by Gasteiger charge is -2.10. The van der Waals surface area contributed by atoms with E-state index < -0.39 is 4.92 Å². The standard InChI is InChI=1S/C9H13N3O3/c1-7(15-2)6-11-9-8(12(13)14)4-3-5-10-9/h3-5,7H,6H2,1-2H3,(H,10,11). The molecule has 0 aliphatic heterocycles. The molecule has 0 saturated carbocycles. The number of nitro groups is 1. The third-order valence-electron chi connectivity index (χ3n) is 1.94. The second kappa shape index (κ2) is 5.26. The fourth-order valence-electron chi connectivity index (χ4n) is 1.00. The molecule has 1 aromatic heterocycles. The Labute approximate surface area is 87.4 Å². The SMILES string of the molecule is COC(C)CNc1ncccc1[N+](=O)[O-]. The lowest BCUT2D eigenvalue weighted by molar-refractivity contribution is -0.384. The molecular formula is C9H13N3O3. The van der Waals surface area contributed by atoms with Crippen molar-refractivity contribution < 1.29 is 9.66 Å². The van der Waals surface area contributed by atoms with Gasteiger partial charge in [0.15, 0.2) is 0 Å². The van der Waals surface area contributed by atoms with Gasteiger partial charge in [-0.1, -0.05) is 0 Å². The minimum Gasteiger partial charge on any atom is -0.380 e. The predicted octanol–water partition coefficient (Wildman–Crippen LogP) is 1.44. The minimum absolute atomic E-state index is 0.0217. The molecule has 1 aromatic rings. The van der Waals surface area contributed by atoms with Gasteiger partial charge >= 0.3 is 5.69 Å². The number of aromatic nitrogens is 1. The first-order chi connectivity index (χ1) is 7.15. The van der Waals surface area contributed by atoms with E-state index in [4.69, 9.17) is 4.74 Å². The van der Waals surface area contributed by atoms with Crippen LogP contribution >= 0.6 is 0 Å². The van der Waals surface area contributed by atoms with E-state index in [9.17, 15) is 10.1 Å². The molecule has 0 aliphatic carbocycles. The molecule has 0 radical (unpaired) electrons. The quantitative estimate of drug-likeness (QED) is 0.589. The first kappa shape index (κ1) is 11.4. The monoisotopic (exact) mass is 211 g/mol. The number of nitrogens with zero attached hydrogens (tertiary/aromatic N) is 2. The van der Waals surface area contributed by atoms with Crippen molar-refractivity contribution in [2.24, 2.45) is 0 Å². The molecule has 1 atom stereocenters. The maximum absolute atomic E-state index is 10.6. The Morgan fingerprint density at radius 2 is 2.47 bits per heavy atom. The molecule has 1 rings (SSSR count). The summed E-state index contributed by atoms with van der Waals surface area (Å²) in [6.07, 6.45) is 1.49. The zero-order valence-electron chi connectivity index (χ0n) is 8.64. The predicted molar refractivity (Wildman–Crippen MR) is 55.9 cm³/mol. The summed E-state index contributed by atoms with van der Waals surface area (Å²) in [4.78, 5) is 14.1. The Morgan fingerprint density at radius 1 is 1.73 bits per heavy atom. The fraction of sp³-hybridized carbons (Fsp3) is 0.444. The number of ether oxygens (including phenoxy) is 1. The second-order valence-corrected chi connectivity index (χ2v) is 3.06. The van der Waals surface area contributed by atoms with E-state index in [0.29, 0.717) is 6.54 Å². The number of pyridine rings is 1. The smallest absolute Gasteiger partial charge is 0.311 e. The normalized spacial score (nSPS) is 12.1. The number of hydrogen-bond donors (Lipinski definition) is 1. The highest BCUT2D eigenvalue weighted by Gasteiger charge is 2.13. The van der Waals surface area contributed by atoms with Crippen LogP contribution in [0.5, 0.6) is 0 Å². The van der Waals surface area contributed by atoms with Gasteiger partial charge in [-0.2, -0.15) is 0 Å². The first-order valence-corrected chi connectivity index (χ1v) is 4.51. The highest BCUT2D eigenvalue weighted by molar-refractivity contribution is 5.55. The minimum atomic E-state index is -0.465. The number of anilines is 1. The Kier molecular flexibility index (Phi) is 3.99. The van der Waals surface area contributed by atoms with Gasteiger partial charge in [0.2, 0.25) is 5.82 Å². The number of nitrogens with one attached hydrogen (secondary N) is 1. The van der Waals surface area contributed by atoms with Crippen molar-refractivity contribution in [1.29, 1.82) is 0 Å². The van der Waals surface area contributed by atoms with Crippen LogP contribution in [0.15, 0.2) is 18.3 Å². The van der Waals surface area contributed by atoms with Crippen LogP contribution < -0.4 is 5.32 Å². The number of methoxy groups -OCH3 is 1. The largest absolute Gasteiger partial charge is 0.380 e. The summed E-state index contributed by atoms with van der Waals surface area (Å²) in [6.45, 7) is 2.34. The molecule has 82 valence electrons. The van der Waals surface area contributed by atoms with Crippen molar-refractivity contribution in [1.82, 2.24) is 4.98 Å². The van der Waals surface area contributed by atoms with Crippen molar-refractivity contribution in [3.05, 3.63) is 28.4 Å². The summed E-state index contributed by atoms with van der Waals surface area (Å²) < 4.78 is 5.01. The van der Waals surface area contributed by atoms with E-state index in [-0.39, 0.29) is 17.6 Å². The highest BCUT2D eigenvalue weighted by Crippen LogP contribution is 2.19. The van der Waals surface area contributed by atoms with Crippen molar-refractivity contribution in [2.45, 2.75) is 13.0 Å². The Morgan fingerprint density at radius 3 is 3.07 bits per heavy atom. The molecule has 6 nitrogen and oxygen atoms in total. The molecule has 0 amide bonds. The van der Waals surface area contributed by atoms with Gasteiger partial charge in [0, 0.05) is 25.9 Å². The van der Waals surface area contributed by atoms with E-state index in [0.717, 1.165) is 0 Å². The first-order valence-electron chi connectivity index (χ1n) is 4.51. The van der Waals surface area contributed by atoms with Crippen LogP contribution in [0.2, 0.25) is 0 Å². The topological polar surface area (TPSA) is 77.3 Å². The van der Waals surface area contributed by atoms with Crippen molar-refractivity contribution in [2.75, 3.05) is 19.0 Å². The Bertz CT molecular complexity index is 343. The molecule has 0 aliphatic rings. The molecule has 15 heavy (non-hydrogen) atoms. The number of rotatable bonds is 5. The molecule has 0 saturated heterocycles. The van der Waals surface area contributed by atoms with Gasteiger partial charge < -0.3 is 10.1 Å². The third kappa shape index (κ3) is 3.17.